The van der Waals surface area contributed by atoms with Gasteiger partial charge in [-0.15, -0.1) is 0 Å². The summed E-state index contributed by atoms with van der Waals surface area (Å²) in [4.78, 5) is 40.5. The van der Waals surface area contributed by atoms with Crippen molar-refractivity contribution in [2.45, 2.75) is 24.3 Å². The van der Waals surface area contributed by atoms with Crippen molar-refractivity contribution >= 4 is 46.7 Å². The van der Waals surface area contributed by atoms with E-state index in [1.54, 1.807) is 11.8 Å². The number of rotatable bonds is 13. The highest BCUT2D eigenvalue weighted by atomic mass is 32.2. The van der Waals surface area contributed by atoms with Crippen LogP contribution in [0, 0.1) is 10.1 Å². The molecular formula is C24H27N5O5S2. The molecule has 0 fully saturated rings. The molecule has 1 aromatic heterocycles. The average Bonchev–Trinajstić information content (AvgIpc) is 3.38. The zero-order valence-corrected chi connectivity index (χ0v) is 21.2. The lowest BCUT2D eigenvalue weighted by Crippen LogP contribution is -2.45. The predicted molar refractivity (Wildman–Crippen MR) is 142 cm³/mol. The number of carbonyl (C=O) groups is 2. The first-order valence-electron chi connectivity index (χ1n) is 11.0. The number of aromatic nitrogens is 1. The molecule has 0 bridgehead atoms. The highest BCUT2D eigenvalue weighted by Gasteiger charge is 2.24. The largest absolute Gasteiger partial charge is 0.446 e. The number of hydrogen-bond donors (Lipinski definition) is 3. The third kappa shape index (κ3) is 8.11. The molecule has 2 amide bonds. The topological polar surface area (TPSA) is 153 Å². The Morgan fingerprint density at radius 1 is 1.17 bits per heavy atom. The van der Waals surface area contributed by atoms with E-state index in [2.05, 4.69) is 15.6 Å². The Hall–Kier alpha value is -3.35. The number of carbonyl (C=O) groups excluding carboxylic acids is 2. The highest BCUT2D eigenvalue weighted by Crippen LogP contribution is 2.19. The van der Waals surface area contributed by atoms with Crippen LogP contribution in [0.1, 0.15) is 34.4 Å². The van der Waals surface area contributed by atoms with Crippen LogP contribution in [-0.2, 0) is 10.5 Å². The first-order chi connectivity index (χ1) is 17.4. The van der Waals surface area contributed by atoms with Gasteiger partial charge in [0.05, 0.1) is 11.0 Å². The van der Waals surface area contributed by atoms with E-state index in [-0.39, 0.29) is 23.0 Å². The van der Waals surface area contributed by atoms with Crippen LogP contribution in [0.3, 0.4) is 0 Å². The van der Waals surface area contributed by atoms with Crippen LogP contribution in [0.5, 0.6) is 0 Å². The van der Waals surface area contributed by atoms with Gasteiger partial charge in [0, 0.05) is 29.3 Å². The number of nitrogens with one attached hydrogen (secondary N) is 2. The van der Waals surface area contributed by atoms with Crippen molar-refractivity contribution in [2.24, 2.45) is 5.73 Å². The molecule has 2 unspecified atom stereocenters. The number of anilines is 1. The molecule has 1 heterocycles. The molecule has 0 saturated carbocycles. The first kappa shape index (κ1) is 27.2. The lowest BCUT2D eigenvalue weighted by atomic mass is 10.2. The van der Waals surface area contributed by atoms with Crippen molar-refractivity contribution in [1.82, 2.24) is 10.3 Å². The normalized spacial score (nSPS) is 12.5. The van der Waals surface area contributed by atoms with Crippen molar-refractivity contribution in [3.8, 4) is 0 Å². The number of nitro groups is 1. The molecule has 0 aliphatic heterocycles. The number of hydrogen-bond acceptors (Lipinski definition) is 9. The average molecular weight is 530 g/mol. The van der Waals surface area contributed by atoms with Gasteiger partial charge in [-0.2, -0.15) is 23.5 Å². The summed E-state index contributed by atoms with van der Waals surface area (Å²) < 4.78 is 5.38. The molecule has 0 aliphatic rings. The van der Waals surface area contributed by atoms with Crippen molar-refractivity contribution < 1.29 is 18.9 Å². The summed E-state index contributed by atoms with van der Waals surface area (Å²) in [6.07, 6.45) is 3.85. The first-order valence-corrected chi connectivity index (χ1v) is 13.6. The van der Waals surface area contributed by atoms with E-state index < -0.39 is 28.8 Å². The smallest absolute Gasteiger partial charge is 0.273 e. The third-order valence-electron chi connectivity index (χ3n) is 5.07. The Balaban J connectivity index is 1.68. The number of nitrogens with zero attached hydrogens (tertiary/aromatic N) is 2. The maximum atomic E-state index is 13.0. The minimum absolute atomic E-state index is 0.0331. The second-order valence-electron chi connectivity index (χ2n) is 7.78. The van der Waals surface area contributed by atoms with Gasteiger partial charge in [0.1, 0.15) is 12.3 Å². The number of benzene rings is 2. The van der Waals surface area contributed by atoms with E-state index in [1.807, 2.05) is 36.6 Å². The lowest BCUT2D eigenvalue weighted by Gasteiger charge is -2.18. The Labute approximate surface area is 217 Å². The Kier molecular flexibility index (Phi) is 10.3. The molecular weight excluding hydrogens is 502 g/mol. The molecule has 3 aromatic rings. The molecule has 10 nitrogen and oxygen atoms in total. The monoisotopic (exact) mass is 529 g/mol. The van der Waals surface area contributed by atoms with Crippen LogP contribution >= 0.6 is 23.5 Å². The summed E-state index contributed by atoms with van der Waals surface area (Å²) in [5, 5.41) is 16.3. The second kappa shape index (κ2) is 13.7. The van der Waals surface area contributed by atoms with Gasteiger partial charge in [-0.3, -0.25) is 19.7 Å². The van der Waals surface area contributed by atoms with Gasteiger partial charge in [-0.05, 0) is 36.1 Å². The number of non-ortho nitro benzene ring substituents is 1. The zero-order chi connectivity index (χ0) is 25.9. The van der Waals surface area contributed by atoms with Crippen LogP contribution in [0.4, 0.5) is 11.4 Å². The number of amides is 2. The molecule has 2 aromatic carbocycles. The fraction of sp³-hybridized carbons (Fsp3) is 0.292. The SMILES string of the molecule is CSCCC(N)c1nc(C(=O)NC(CSCc2ccccc2)C(=O)Nc2ccc([N+](=O)[O-])cc2)co1. The Morgan fingerprint density at radius 2 is 1.89 bits per heavy atom. The molecule has 0 saturated heterocycles. The summed E-state index contributed by atoms with van der Waals surface area (Å²) in [7, 11) is 0. The van der Waals surface area contributed by atoms with Crippen molar-refractivity contribution in [3.63, 3.8) is 0 Å². The molecule has 36 heavy (non-hydrogen) atoms. The zero-order valence-electron chi connectivity index (χ0n) is 19.6. The molecule has 4 N–H and O–H groups in total. The molecule has 190 valence electrons. The standard InChI is InChI=1S/C24H27N5O5S2/c1-35-12-11-19(25)24-28-20(13-34-24)22(30)27-21(15-36-14-16-5-3-2-4-6-16)23(31)26-17-7-9-18(10-8-17)29(32)33/h2-10,13,19,21H,11-12,14-15,25H2,1H3,(H,26,31)(H,27,30). The van der Waals surface area contributed by atoms with Crippen molar-refractivity contribution in [2.75, 3.05) is 23.1 Å². The summed E-state index contributed by atoms with van der Waals surface area (Å²) in [6.45, 7) is 0. The quantitative estimate of drug-likeness (QED) is 0.220. The van der Waals surface area contributed by atoms with E-state index in [1.165, 1.54) is 42.3 Å². The van der Waals surface area contributed by atoms with Crippen LogP contribution < -0.4 is 16.4 Å². The van der Waals surface area contributed by atoms with Gasteiger partial charge in [-0.1, -0.05) is 30.3 Å². The molecule has 2 atom stereocenters. The predicted octanol–water partition coefficient (Wildman–Crippen LogP) is 4.01. The minimum Gasteiger partial charge on any atom is -0.446 e. The van der Waals surface area contributed by atoms with Crippen LogP contribution in [0.15, 0.2) is 65.3 Å². The number of thioether (sulfide) groups is 2. The van der Waals surface area contributed by atoms with E-state index >= 15 is 0 Å². The van der Waals surface area contributed by atoms with Crippen molar-refractivity contribution in [3.05, 3.63) is 88.1 Å². The van der Waals surface area contributed by atoms with Gasteiger partial charge in [-0.25, -0.2) is 4.98 Å². The molecule has 0 radical (unpaired) electrons. The van der Waals surface area contributed by atoms with Gasteiger partial charge >= 0.3 is 0 Å². The fourth-order valence-electron chi connectivity index (χ4n) is 3.11. The van der Waals surface area contributed by atoms with E-state index in [9.17, 15) is 19.7 Å². The number of oxazole rings is 1. The molecule has 3 rings (SSSR count). The van der Waals surface area contributed by atoms with Gasteiger partial charge in [0.15, 0.2) is 5.69 Å². The summed E-state index contributed by atoms with van der Waals surface area (Å²) in [6, 6.07) is 13.9. The van der Waals surface area contributed by atoms with Crippen LogP contribution in [-0.4, -0.2) is 45.5 Å². The van der Waals surface area contributed by atoms with Crippen molar-refractivity contribution in [1.29, 1.82) is 0 Å². The molecule has 12 heteroatoms. The maximum absolute atomic E-state index is 13.0. The van der Waals surface area contributed by atoms with Crippen LogP contribution in [0.2, 0.25) is 0 Å². The van der Waals surface area contributed by atoms with Gasteiger partial charge in [0.25, 0.3) is 11.6 Å². The maximum Gasteiger partial charge on any atom is 0.273 e. The number of nitrogens with two attached hydrogens (primary N) is 1. The highest BCUT2D eigenvalue weighted by molar-refractivity contribution is 7.98. The second-order valence-corrected chi connectivity index (χ2v) is 9.79. The Morgan fingerprint density at radius 3 is 2.56 bits per heavy atom. The summed E-state index contributed by atoms with van der Waals surface area (Å²) >= 11 is 3.13. The van der Waals surface area contributed by atoms with E-state index in [0.29, 0.717) is 17.9 Å². The Bertz CT molecular complexity index is 1160. The van der Waals surface area contributed by atoms with E-state index in [4.69, 9.17) is 10.2 Å². The lowest BCUT2D eigenvalue weighted by molar-refractivity contribution is -0.384. The molecule has 0 spiro atoms. The number of nitro benzene ring substituents is 1. The van der Waals surface area contributed by atoms with Gasteiger partial charge in [0.2, 0.25) is 11.8 Å². The van der Waals surface area contributed by atoms with E-state index in [0.717, 1.165) is 11.3 Å². The summed E-state index contributed by atoms with van der Waals surface area (Å²) in [5.74, 6) is 1.01. The third-order valence-corrected chi connectivity index (χ3v) is 6.82. The summed E-state index contributed by atoms with van der Waals surface area (Å²) in [5.41, 5.74) is 7.48. The van der Waals surface area contributed by atoms with Crippen LogP contribution in [0.25, 0.3) is 0 Å². The molecule has 0 aliphatic carbocycles. The van der Waals surface area contributed by atoms with Gasteiger partial charge < -0.3 is 20.8 Å². The fourth-order valence-corrected chi connectivity index (χ4v) is 4.62. The minimum atomic E-state index is -0.897.